The highest BCUT2D eigenvalue weighted by atomic mass is 16.7. The number of fused-ring (bicyclic) bond motifs is 1. The zero-order chi connectivity index (χ0) is 17.6. The Kier molecular flexibility index (Phi) is 5.03. The maximum absolute atomic E-state index is 12.1. The minimum Gasteiger partial charge on any atom is -0.494 e. The molecular formula is C18H18N2O5. The van der Waals surface area contributed by atoms with Crippen LogP contribution in [0.4, 0.5) is 5.69 Å². The lowest BCUT2D eigenvalue weighted by atomic mass is 10.2. The predicted molar refractivity (Wildman–Crippen MR) is 91.1 cm³/mol. The van der Waals surface area contributed by atoms with Crippen molar-refractivity contribution in [2.45, 2.75) is 6.92 Å². The SMILES string of the molecule is CCOc1ccc(NC(=O)CNC(=O)c2ccc3c(c2)OCO3)cc1. The Hall–Kier alpha value is -3.22. The number of benzene rings is 2. The molecule has 0 saturated heterocycles. The number of carbonyl (C=O) groups excluding carboxylic acids is 2. The Labute approximate surface area is 144 Å². The first-order valence-electron chi connectivity index (χ1n) is 7.86. The van der Waals surface area contributed by atoms with E-state index in [0.29, 0.717) is 29.4 Å². The van der Waals surface area contributed by atoms with Crippen LogP contribution in [0.15, 0.2) is 42.5 Å². The summed E-state index contributed by atoms with van der Waals surface area (Å²) in [5.74, 6) is 1.17. The molecule has 0 aromatic heterocycles. The van der Waals surface area contributed by atoms with Crippen LogP contribution in [0.1, 0.15) is 17.3 Å². The van der Waals surface area contributed by atoms with Crippen LogP contribution in [0.5, 0.6) is 17.2 Å². The largest absolute Gasteiger partial charge is 0.494 e. The maximum atomic E-state index is 12.1. The van der Waals surface area contributed by atoms with Crippen LogP contribution in [0.3, 0.4) is 0 Å². The van der Waals surface area contributed by atoms with Crippen LogP contribution >= 0.6 is 0 Å². The van der Waals surface area contributed by atoms with E-state index in [1.165, 1.54) is 0 Å². The topological polar surface area (TPSA) is 85.9 Å². The fourth-order valence-corrected chi connectivity index (χ4v) is 2.31. The molecule has 1 heterocycles. The molecule has 130 valence electrons. The Morgan fingerprint density at radius 2 is 1.84 bits per heavy atom. The quantitative estimate of drug-likeness (QED) is 0.840. The van der Waals surface area contributed by atoms with Crippen molar-refractivity contribution in [3.63, 3.8) is 0 Å². The van der Waals surface area contributed by atoms with Gasteiger partial charge in [-0.25, -0.2) is 0 Å². The summed E-state index contributed by atoms with van der Waals surface area (Å²) in [5.41, 5.74) is 1.03. The van der Waals surface area contributed by atoms with Crippen LogP contribution in [-0.4, -0.2) is 31.8 Å². The molecule has 0 saturated carbocycles. The standard InChI is InChI=1S/C18H18N2O5/c1-2-23-14-6-4-13(5-7-14)20-17(21)10-19-18(22)12-3-8-15-16(9-12)25-11-24-15/h3-9H,2,10-11H2,1H3,(H,19,22)(H,20,21). The number of amides is 2. The van der Waals surface area contributed by atoms with E-state index in [4.69, 9.17) is 14.2 Å². The van der Waals surface area contributed by atoms with Gasteiger partial charge in [-0.05, 0) is 49.4 Å². The van der Waals surface area contributed by atoms with Gasteiger partial charge in [0.05, 0.1) is 13.2 Å². The lowest BCUT2D eigenvalue weighted by Gasteiger charge is -2.08. The number of hydrogen-bond donors (Lipinski definition) is 2. The molecule has 3 rings (SSSR count). The molecule has 0 spiro atoms. The molecular weight excluding hydrogens is 324 g/mol. The van der Waals surface area contributed by atoms with E-state index in [2.05, 4.69) is 10.6 Å². The third-order valence-electron chi connectivity index (χ3n) is 3.49. The predicted octanol–water partition coefficient (Wildman–Crippen LogP) is 2.18. The van der Waals surface area contributed by atoms with Gasteiger partial charge >= 0.3 is 0 Å². The van der Waals surface area contributed by atoms with E-state index >= 15 is 0 Å². The minimum absolute atomic E-state index is 0.138. The summed E-state index contributed by atoms with van der Waals surface area (Å²) in [5, 5.41) is 5.28. The fraction of sp³-hybridized carbons (Fsp3) is 0.222. The number of rotatable bonds is 6. The summed E-state index contributed by atoms with van der Waals surface area (Å²) in [6.45, 7) is 2.49. The monoisotopic (exact) mass is 342 g/mol. The molecule has 0 radical (unpaired) electrons. The van der Waals surface area contributed by atoms with E-state index in [1.807, 2.05) is 6.92 Å². The highest BCUT2D eigenvalue weighted by molar-refractivity contribution is 5.99. The minimum atomic E-state index is -0.361. The molecule has 0 aliphatic carbocycles. The van der Waals surface area contributed by atoms with Gasteiger partial charge in [-0.1, -0.05) is 0 Å². The number of ether oxygens (including phenoxy) is 3. The summed E-state index contributed by atoms with van der Waals surface area (Å²) in [4.78, 5) is 24.1. The first-order chi connectivity index (χ1) is 12.2. The third-order valence-corrected chi connectivity index (χ3v) is 3.49. The van der Waals surface area contributed by atoms with Crippen LogP contribution < -0.4 is 24.8 Å². The first kappa shape index (κ1) is 16.6. The van der Waals surface area contributed by atoms with Gasteiger partial charge in [-0.3, -0.25) is 9.59 Å². The molecule has 7 heteroatoms. The van der Waals surface area contributed by atoms with Gasteiger partial charge in [0.2, 0.25) is 12.7 Å². The molecule has 0 bridgehead atoms. The van der Waals surface area contributed by atoms with Crippen LogP contribution in [0.25, 0.3) is 0 Å². The van der Waals surface area contributed by atoms with Gasteiger partial charge in [0.15, 0.2) is 11.5 Å². The highest BCUT2D eigenvalue weighted by Gasteiger charge is 2.16. The van der Waals surface area contributed by atoms with Crippen molar-refractivity contribution in [3.8, 4) is 17.2 Å². The summed E-state index contributed by atoms with van der Waals surface area (Å²) in [6, 6.07) is 11.9. The Balaban J connectivity index is 1.50. The average Bonchev–Trinajstić information content (AvgIpc) is 3.09. The van der Waals surface area contributed by atoms with Gasteiger partial charge in [0.1, 0.15) is 5.75 Å². The number of nitrogens with one attached hydrogen (secondary N) is 2. The fourth-order valence-electron chi connectivity index (χ4n) is 2.31. The van der Waals surface area contributed by atoms with Gasteiger partial charge < -0.3 is 24.8 Å². The number of hydrogen-bond acceptors (Lipinski definition) is 5. The van der Waals surface area contributed by atoms with Crippen LogP contribution in [0, 0.1) is 0 Å². The Morgan fingerprint density at radius 3 is 2.60 bits per heavy atom. The Bertz CT molecular complexity index is 774. The van der Waals surface area contributed by atoms with E-state index in [0.717, 1.165) is 5.75 Å². The molecule has 2 amide bonds. The van der Waals surface area contributed by atoms with E-state index in [1.54, 1.807) is 42.5 Å². The second-order valence-electron chi connectivity index (χ2n) is 5.26. The van der Waals surface area contributed by atoms with Crippen LogP contribution in [0.2, 0.25) is 0 Å². The highest BCUT2D eigenvalue weighted by Crippen LogP contribution is 2.32. The molecule has 25 heavy (non-hydrogen) atoms. The molecule has 7 nitrogen and oxygen atoms in total. The molecule has 1 aliphatic rings. The summed E-state index contributed by atoms with van der Waals surface area (Å²) < 4.78 is 15.8. The van der Waals surface area contributed by atoms with Crippen molar-refractivity contribution >= 4 is 17.5 Å². The van der Waals surface area contributed by atoms with E-state index in [-0.39, 0.29) is 25.2 Å². The second kappa shape index (κ2) is 7.57. The molecule has 0 fully saturated rings. The molecule has 1 aliphatic heterocycles. The molecule has 2 N–H and O–H groups in total. The molecule has 2 aromatic rings. The third kappa shape index (κ3) is 4.20. The average molecular weight is 342 g/mol. The summed E-state index contributed by atoms with van der Waals surface area (Å²) in [6.07, 6.45) is 0. The normalized spacial score (nSPS) is 11.7. The first-order valence-corrected chi connectivity index (χ1v) is 7.86. The Morgan fingerprint density at radius 1 is 1.08 bits per heavy atom. The molecule has 0 unspecified atom stereocenters. The van der Waals surface area contributed by atoms with Crippen LogP contribution in [-0.2, 0) is 4.79 Å². The lowest BCUT2D eigenvalue weighted by Crippen LogP contribution is -2.32. The number of carbonyl (C=O) groups is 2. The van der Waals surface area contributed by atoms with Crippen molar-refractivity contribution in [1.29, 1.82) is 0 Å². The van der Waals surface area contributed by atoms with Crippen molar-refractivity contribution in [2.75, 3.05) is 25.3 Å². The van der Waals surface area contributed by atoms with Gasteiger partial charge in [0.25, 0.3) is 5.91 Å². The van der Waals surface area contributed by atoms with Gasteiger partial charge in [0, 0.05) is 11.3 Å². The van der Waals surface area contributed by atoms with Crippen molar-refractivity contribution in [2.24, 2.45) is 0 Å². The van der Waals surface area contributed by atoms with E-state index < -0.39 is 0 Å². The summed E-state index contributed by atoms with van der Waals surface area (Å²) >= 11 is 0. The van der Waals surface area contributed by atoms with Crippen molar-refractivity contribution < 1.29 is 23.8 Å². The molecule has 2 aromatic carbocycles. The second-order valence-corrected chi connectivity index (χ2v) is 5.26. The van der Waals surface area contributed by atoms with Crippen molar-refractivity contribution in [3.05, 3.63) is 48.0 Å². The number of anilines is 1. The van der Waals surface area contributed by atoms with Gasteiger partial charge in [-0.2, -0.15) is 0 Å². The zero-order valence-electron chi connectivity index (χ0n) is 13.7. The van der Waals surface area contributed by atoms with Gasteiger partial charge in [-0.15, -0.1) is 0 Å². The smallest absolute Gasteiger partial charge is 0.251 e. The zero-order valence-corrected chi connectivity index (χ0v) is 13.7. The summed E-state index contributed by atoms with van der Waals surface area (Å²) in [7, 11) is 0. The lowest BCUT2D eigenvalue weighted by molar-refractivity contribution is -0.115. The molecule has 0 atom stereocenters. The van der Waals surface area contributed by atoms with E-state index in [9.17, 15) is 9.59 Å². The van der Waals surface area contributed by atoms with Crippen molar-refractivity contribution in [1.82, 2.24) is 5.32 Å². The maximum Gasteiger partial charge on any atom is 0.251 e.